The van der Waals surface area contributed by atoms with Crippen molar-refractivity contribution in [2.45, 2.75) is 31.5 Å². The van der Waals surface area contributed by atoms with Crippen LogP contribution in [0, 0.1) is 32.0 Å². The van der Waals surface area contributed by atoms with E-state index < -0.39 is 23.7 Å². The van der Waals surface area contributed by atoms with E-state index in [0.717, 1.165) is 22.9 Å². The van der Waals surface area contributed by atoms with Crippen LogP contribution < -0.4 is 15.8 Å². The minimum Gasteiger partial charge on any atom is -0.480 e. The quantitative estimate of drug-likeness (QED) is 0.172. The highest BCUT2D eigenvalue weighted by Gasteiger charge is 2.24. The molecule has 0 fully saturated rings. The van der Waals surface area contributed by atoms with E-state index in [4.69, 9.17) is 6.42 Å². The largest absolute Gasteiger partial charge is 0.480 e. The van der Waals surface area contributed by atoms with E-state index >= 15 is 4.39 Å². The molecule has 0 spiro atoms. The number of hydrogen-bond donors (Lipinski definition) is 4. The maximum absolute atomic E-state index is 15.1. The number of aryl methyl sites for hydroxylation is 2. The number of nitrogens with one attached hydrogen (secondary N) is 3. The predicted molar refractivity (Wildman–Crippen MR) is 144 cm³/mol. The smallest absolute Gasteiger partial charge is 0.327 e. The number of halogens is 1. The number of carbonyl (C=O) groups excluding carboxylic acids is 1. The molecule has 0 saturated heterocycles. The lowest BCUT2D eigenvalue weighted by atomic mass is 10.0. The van der Waals surface area contributed by atoms with Crippen molar-refractivity contribution in [3.05, 3.63) is 75.2 Å². The number of fused-ring (bicyclic) bond motifs is 1. The van der Waals surface area contributed by atoms with E-state index in [1.54, 1.807) is 17.9 Å². The fourth-order valence-electron chi connectivity index (χ4n) is 3.90. The maximum Gasteiger partial charge on any atom is 0.327 e. The highest BCUT2D eigenvalue weighted by molar-refractivity contribution is 7.99. The summed E-state index contributed by atoms with van der Waals surface area (Å²) in [6.45, 7) is 3.99. The average molecular weight is 550 g/mol. The lowest BCUT2D eigenvalue weighted by Gasteiger charge is -2.24. The third-order valence-electron chi connectivity index (χ3n) is 5.88. The Bertz CT molecular complexity index is 1630. The van der Waals surface area contributed by atoms with Crippen LogP contribution in [0.5, 0.6) is 0 Å². The second-order valence-electron chi connectivity index (χ2n) is 8.66. The van der Waals surface area contributed by atoms with Crippen LogP contribution in [0.25, 0.3) is 10.9 Å². The van der Waals surface area contributed by atoms with E-state index in [0.29, 0.717) is 27.4 Å². The molecule has 2 heterocycles. The predicted octanol–water partition coefficient (Wildman–Crippen LogP) is 2.41. The summed E-state index contributed by atoms with van der Waals surface area (Å²) >= 11 is 1.08. The van der Waals surface area contributed by atoms with Gasteiger partial charge in [0, 0.05) is 18.0 Å². The Hall–Kier alpha value is -4.70. The molecule has 0 bridgehead atoms. The zero-order chi connectivity index (χ0) is 28.1. The summed E-state index contributed by atoms with van der Waals surface area (Å²) in [5.74, 6) is 0.0380. The Morgan fingerprint density at radius 3 is 2.74 bits per heavy atom. The molecule has 200 valence electrons. The van der Waals surface area contributed by atoms with Crippen molar-refractivity contribution < 1.29 is 19.1 Å². The van der Waals surface area contributed by atoms with Gasteiger partial charge in [0.2, 0.25) is 0 Å². The first-order chi connectivity index (χ1) is 18.7. The lowest BCUT2D eigenvalue weighted by molar-refractivity contribution is -0.138. The molecular formula is C26H24FN7O4S. The summed E-state index contributed by atoms with van der Waals surface area (Å²) in [6.07, 6.45) is 6.99. The standard InChI is InChI=1S/C26H24FN7O4S/c1-4-7-34(12-16-9-19-21(8-14(16)2)29-15(3)30-25(19)36)17-5-6-18(20(27)10-17)24(35)31-22(26(37)38)13-39-23-11-28-33-32-23/h1,5-6,8-11,22H,7,12-13H2,2-3H3,(H,31,35)(H,37,38)(H,28,32,33)(H,29,30,36)/t22-/m1/s1. The number of nitrogens with zero attached hydrogens (tertiary/aromatic N) is 4. The number of aromatic amines is 2. The van der Waals surface area contributed by atoms with Crippen LogP contribution in [0.3, 0.4) is 0 Å². The van der Waals surface area contributed by atoms with Gasteiger partial charge in [-0.25, -0.2) is 14.2 Å². The number of amides is 1. The summed E-state index contributed by atoms with van der Waals surface area (Å²) < 4.78 is 15.1. The summed E-state index contributed by atoms with van der Waals surface area (Å²) in [5, 5.41) is 22.6. The highest BCUT2D eigenvalue weighted by Crippen LogP contribution is 2.24. The molecule has 0 aliphatic rings. The Morgan fingerprint density at radius 2 is 2.08 bits per heavy atom. The van der Waals surface area contributed by atoms with Crippen molar-refractivity contribution in [3.63, 3.8) is 0 Å². The van der Waals surface area contributed by atoms with E-state index in [-0.39, 0.29) is 30.0 Å². The zero-order valence-electron chi connectivity index (χ0n) is 21.0. The van der Waals surface area contributed by atoms with Crippen LogP contribution in [0.4, 0.5) is 10.1 Å². The van der Waals surface area contributed by atoms with Crippen molar-refractivity contribution >= 4 is 40.2 Å². The average Bonchev–Trinajstić information content (AvgIpc) is 3.40. The maximum atomic E-state index is 15.1. The molecule has 39 heavy (non-hydrogen) atoms. The van der Waals surface area contributed by atoms with Gasteiger partial charge < -0.3 is 20.3 Å². The second-order valence-corrected chi connectivity index (χ2v) is 9.70. The zero-order valence-corrected chi connectivity index (χ0v) is 21.8. The van der Waals surface area contributed by atoms with Gasteiger partial charge in [-0.2, -0.15) is 10.3 Å². The van der Waals surface area contributed by atoms with Gasteiger partial charge in [0.15, 0.2) is 0 Å². The van der Waals surface area contributed by atoms with Crippen LogP contribution >= 0.6 is 11.8 Å². The number of aliphatic carboxylic acids is 1. The molecule has 1 atom stereocenters. The number of aromatic nitrogens is 5. The van der Waals surface area contributed by atoms with Crippen LogP contribution in [0.1, 0.15) is 27.3 Å². The lowest BCUT2D eigenvalue weighted by Crippen LogP contribution is -2.42. The molecule has 0 radical (unpaired) electrons. The Kier molecular flexibility index (Phi) is 8.26. The molecule has 0 unspecified atom stereocenters. The Morgan fingerprint density at radius 1 is 1.28 bits per heavy atom. The second kappa shape index (κ2) is 11.8. The van der Waals surface area contributed by atoms with Crippen molar-refractivity contribution in [2.24, 2.45) is 0 Å². The first-order valence-electron chi connectivity index (χ1n) is 11.7. The minimum atomic E-state index is -1.28. The first kappa shape index (κ1) is 27.3. The Balaban J connectivity index is 1.54. The summed E-state index contributed by atoms with van der Waals surface area (Å²) in [4.78, 5) is 45.6. The third-order valence-corrected chi connectivity index (χ3v) is 6.87. The van der Waals surface area contributed by atoms with Crippen LogP contribution in [0.15, 0.2) is 46.3 Å². The van der Waals surface area contributed by atoms with Crippen molar-refractivity contribution in [1.29, 1.82) is 0 Å². The number of carbonyl (C=O) groups is 2. The van der Waals surface area contributed by atoms with Gasteiger partial charge in [-0.05, 0) is 55.3 Å². The number of terminal acetylenes is 1. The molecular weight excluding hydrogens is 525 g/mol. The first-order valence-corrected chi connectivity index (χ1v) is 12.6. The molecule has 1 amide bonds. The topological polar surface area (TPSA) is 157 Å². The molecule has 2 aromatic heterocycles. The highest BCUT2D eigenvalue weighted by atomic mass is 32.2. The van der Waals surface area contributed by atoms with Crippen LogP contribution in [0.2, 0.25) is 0 Å². The molecule has 11 nitrogen and oxygen atoms in total. The molecule has 2 aromatic carbocycles. The number of thioether (sulfide) groups is 1. The number of H-pyrrole nitrogens is 2. The SMILES string of the molecule is C#CCN(Cc1cc2c(=O)[nH]c(C)nc2cc1C)c1ccc(C(=O)N[C@H](CSc2cn[nH]n2)C(=O)O)c(F)c1. The van der Waals surface area contributed by atoms with Gasteiger partial charge in [0.1, 0.15) is 22.7 Å². The molecule has 4 rings (SSSR count). The van der Waals surface area contributed by atoms with Crippen LogP contribution in [-0.2, 0) is 11.3 Å². The number of benzene rings is 2. The van der Waals surface area contributed by atoms with Gasteiger partial charge >= 0.3 is 5.97 Å². The van der Waals surface area contributed by atoms with Crippen molar-refractivity contribution in [1.82, 2.24) is 30.7 Å². The van der Waals surface area contributed by atoms with E-state index in [1.807, 2.05) is 13.0 Å². The number of rotatable bonds is 10. The van der Waals surface area contributed by atoms with Gasteiger partial charge in [-0.1, -0.05) is 5.92 Å². The number of carboxylic acids is 1. The fraction of sp³-hybridized carbons (Fsp3) is 0.231. The van der Waals surface area contributed by atoms with E-state index in [1.165, 1.54) is 24.4 Å². The van der Waals surface area contributed by atoms with E-state index in [2.05, 4.69) is 36.6 Å². The molecule has 13 heteroatoms. The molecule has 4 aromatic rings. The van der Waals surface area contributed by atoms with Gasteiger partial charge in [-0.3, -0.25) is 9.59 Å². The van der Waals surface area contributed by atoms with E-state index in [9.17, 15) is 19.5 Å². The normalized spacial score (nSPS) is 11.6. The molecule has 0 saturated carbocycles. The van der Waals surface area contributed by atoms with Crippen molar-refractivity contribution in [3.8, 4) is 12.3 Å². The number of anilines is 1. The molecule has 0 aliphatic carbocycles. The molecule has 0 aliphatic heterocycles. The van der Waals surface area contributed by atoms with Gasteiger partial charge in [0.05, 0.1) is 29.2 Å². The van der Waals surface area contributed by atoms with Gasteiger partial charge in [-0.15, -0.1) is 23.3 Å². The monoisotopic (exact) mass is 549 g/mol. The van der Waals surface area contributed by atoms with Crippen LogP contribution in [-0.4, -0.2) is 60.7 Å². The molecule has 4 N–H and O–H groups in total. The Labute approximate surface area is 226 Å². The number of carboxylic acid groups (broad SMARTS) is 1. The van der Waals surface area contributed by atoms with Crippen molar-refractivity contribution in [2.75, 3.05) is 17.2 Å². The summed E-state index contributed by atoms with van der Waals surface area (Å²) in [7, 11) is 0. The minimum absolute atomic E-state index is 0.0354. The number of hydrogen-bond acceptors (Lipinski definition) is 8. The summed E-state index contributed by atoms with van der Waals surface area (Å²) in [6, 6.07) is 6.24. The summed E-state index contributed by atoms with van der Waals surface area (Å²) in [5.41, 5.74) is 2.08. The third kappa shape index (κ3) is 6.42. The van der Waals surface area contributed by atoms with Gasteiger partial charge in [0.25, 0.3) is 11.5 Å². The fourth-order valence-corrected chi connectivity index (χ4v) is 4.70.